The Hall–Kier alpha value is -1.97. The van der Waals surface area contributed by atoms with Gasteiger partial charge in [0.05, 0.1) is 19.3 Å². The molecule has 0 aliphatic carbocycles. The number of hydrogen-bond donors (Lipinski definition) is 1. The molecular formula is C15H21N3O. The molecule has 1 unspecified atom stereocenters. The van der Waals surface area contributed by atoms with E-state index >= 15 is 0 Å². The van der Waals surface area contributed by atoms with Crippen molar-refractivity contribution in [3.8, 4) is 5.75 Å². The normalized spacial score (nSPS) is 12.2. The number of hydrogen-bond acceptors (Lipinski definition) is 3. The quantitative estimate of drug-likeness (QED) is 0.863. The fraction of sp³-hybridized carbons (Fsp3) is 0.400. The predicted octanol–water partition coefficient (Wildman–Crippen LogP) is 3.47. The Balaban J connectivity index is 1.92. The van der Waals surface area contributed by atoms with E-state index in [0.29, 0.717) is 6.04 Å². The smallest absolute Gasteiger partial charge is 0.119 e. The standard InChI is InChI=1S/C15H21N3O/c1-4-12(2)18-10-9-14(17-18)11-16-13-5-7-15(19-3)8-6-13/h5-10,12,16H,4,11H2,1-3H3. The van der Waals surface area contributed by atoms with Crippen LogP contribution in [0.3, 0.4) is 0 Å². The van der Waals surface area contributed by atoms with Crippen LogP contribution < -0.4 is 10.1 Å². The van der Waals surface area contributed by atoms with Gasteiger partial charge < -0.3 is 10.1 Å². The maximum Gasteiger partial charge on any atom is 0.119 e. The van der Waals surface area contributed by atoms with Gasteiger partial charge in [-0.05, 0) is 43.7 Å². The number of rotatable bonds is 6. The fourth-order valence-corrected chi connectivity index (χ4v) is 1.81. The van der Waals surface area contributed by atoms with E-state index in [0.717, 1.165) is 30.1 Å². The molecule has 0 bridgehead atoms. The summed E-state index contributed by atoms with van der Waals surface area (Å²) >= 11 is 0. The third-order valence-corrected chi connectivity index (χ3v) is 3.27. The van der Waals surface area contributed by atoms with Gasteiger partial charge in [0.1, 0.15) is 5.75 Å². The maximum atomic E-state index is 5.13. The van der Waals surface area contributed by atoms with Gasteiger partial charge in [-0.2, -0.15) is 5.10 Å². The highest BCUT2D eigenvalue weighted by Gasteiger charge is 2.04. The van der Waals surface area contributed by atoms with Gasteiger partial charge in [-0.25, -0.2) is 0 Å². The summed E-state index contributed by atoms with van der Waals surface area (Å²) in [6, 6.07) is 10.4. The van der Waals surface area contributed by atoms with E-state index in [-0.39, 0.29) is 0 Å². The first-order valence-corrected chi connectivity index (χ1v) is 6.65. The number of aromatic nitrogens is 2. The number of anilines is 1. The molecule has 1 heterocycles. The molecule has 1 N–H and O–H groups in total. The van der Waals surface area contributed by atoms with Gasteiger partial charge in [0.2, 0.25) is 0 Å². The van der Waals surface area contributed by atoms with Crippen molar-refractivity contribution < 1.29 is 4.74 Å². The SMILES string of the molecule is CCC(C)n1ccc(CNc2ccc(OC)cc2)n1. The highest BCUT2D eigenvalue weighted by atomic mass is 16.5. The first-order valence-electron chi connectivity index (χ1n) is 6.65. The van der Waals surface area contributed by atoms with Crippen LogP contribution in [0.15, 0.2) is 36.5 Å². The summed E-state index contributed by atoms with van der Waals surface area (Å²) in [5, 5.41) is 7.91. The molecule has 2 rings (SSSR count). The Morgan fingerprint density at radius 3 is 2.63 bits per heavy atom. The van der Waals surface area contributed by atoms with E-state index in [1.165, 1.54) is 0 Å². The van der Waals surface area contributed by atoms with Gasteiger partial charge in [0.15, 0.2) is 0 Å². The lowest BCUT2D eigenvalue weighted by molar-refractivity contribution is 0.415. The number of ether oxygens (including phenoxy) is 1. The van der Waals surface area contributed by atoms with Gasteiger partial charge in [-0.3, -0.25) is 4.68 Å². The predicted molar refractivity (Wildman–Crippen MR) is 77.5 cm³/mol. The van der Waals surface area contributed by atoms with Crippen LogP contribution in [-0.4, -0.2) is 16.9 Å². The summed E-state index contributed by atoms with van der Waals surface area (Å²) in [5.74, 6) is 0.867. The van der Waals surface area contributed by atoms with Crippen LogP contribution in [0.25, 0.3) is 0 Å². The summed E-state index contributed by atoms with van der Waals surface area (Å²) in [4.78, 5) is 0. The minimum atomic E-state index is 0.453. The summed E-state index contributed by atoms with van der Waals surface area (Å²) in [6.45, 7) is 5.07. The molecule has 0 aliphatic rings. The van der Waals surface area contributed by atoms with Crippen molar-refractivity contribution in [2.75, 3.05) is 12.4 Å². The largest absolute Gasteiger partial charge is 0.497 e. The van der Waals surface area contributed by atoms with Gasteiger partial charge in [0, 0.05) is 17.9 Å². The summed E-state index contributed by atoms with van der Waals surface area (Å²) in [7, 11) is 1.67. The molecule has 4 nitrogen and oxygen atoms in total. The van der Waals surface area contributed by atoms with Gasteiger partial charge >= 0.3 is 0 Å². The molecule has 1 aromatic heterocycles. The number of nitrogens with one attached hydrogen (secondary N) is 1. The molecular weight excluding hydrogens is 238 g/mol. The average molecular weight is 259 g/mol. The van der Waals surface area contributed by atoms with E-state index in [4.69, 9.17) is 4.74 Å². The third kappa shape index (κ3) is 3.50. The van der Waals surface area contributed by atoms with E-state index in [1.807, 2.05) is 35.1 Å². The monoisotopic (exact) mass is 259 g/mol. The van der Waals surface area contributed by atoms with E-state index in [1.54, 1.807) is 7.11 Å². The summed E-state index contributed by atoms with van der Waals surface area (Å²) < 4.78 is 7.15. The summed E-state index contributed by atoms with van der Waals surface area (Å²) in [6.07, 6.45) is 3.13. The molecule has 4 heteroatoms. The summed E-state index contributed by atoms with van der Waals surface area (Å²) in [5.41, 5.74) is 2.12. The van der Waals surface area contributed by atoms with Crippen LogP contribution in [0.4, 0.5) is 5.69 Å². The Morgan fingerprint density at radius 2 is 2.00 bits per heavy atom. The Morgan fingerprint density at radius 1 is 1.26 bits per heavy atom. The Bertz CT molecular complexity index is 504. The molecule has 19 heavy (non-hydrogen) atoms. The Labute approximate surface area is 114 Å². The number of methoxy groups -OCH3 is 1. The van der Waals surface area contributed by atoms with Crippen molar-refractivity contribution in [1.29, 1.82) is 0 Å². The van der Waals surface area contributed by atoms with Crippen LogP contribution in [0.1, 0.15) is 32.0 Å². The van der Waals surface area contributed by atoms with Gasteiger partial charge in [-0.15, -0.1) is 0 Å². The zero-order valence-corrected chi connectivity index (χ0v) is 11.8. The minimum absolute atomic E-state index is 0.453. The second-order valence-corrected chi connectivity index (χ2v) is 4.63. The third-order valence-electron chi connectivity index (χ3n) is 3.27. The lowest BCUT2D eigenvalue weighted by atomic mass is 10.3. The zero-order chi connectivity index (χ0) is 13.7. The van der Waals surface area contributed by atoms with Crippen LogP contribution in [0, 0.1) is 0 Å². The van der Waals surface area contributed by atoms with Gasteiger partial charge in [-0.1, -0.05) is 6.92 Å². The van der Waals surface area contributed by atoms with Crippen molar-refractivity contribution in [2.24, 2.45) is 0 Å². The van der Waals surface area contributed by atoms with E-state index in [9.17, 15) is 0 Å². The minimum Gasteiger partial charge on any atom is -0.497 e. The molecule has 102 valence electrons. The molecule has 0 aliphatic heterocycles. The topological polar surface area (TPSA) is 39.1 Å². The molecule has 1 aromatic carbocycles. The van der Waals surface area contributed by atoms with Crippen LogP contribution in [-0.2, 0) is 6.54 Å². The van der Waals surface area contributed by atoms with Crippen molar-refractivity contribution in [3.05, 3.63) is 42.2 Å². The average Bonchev–Trinajstić information content (AvgIpc) is 2.93. The van der Waals surface area contributed by atoms with Crippen LogP contribution in [0.2, 0.25) is 0 Å². The first-order chi connectivity index (χ1) is 9.22. The van der Waals surface area contributed by atoms with Crippen molar-refractivity contribution in [2.45, 2.75) is 32.9 Å². The molecule has 1 atom stereocenters. The Kier molecular flexibility index (Phi) is 4.44. The van der Waals surface area contributed by atoms with E-state index < -0.39 is 0 Å². The molecule has 0 radical (unpaired) electrons. The van der Waals surface area contributed by atoms with Gasteiger partial charge in [0.25, 0.3) is 0 Å². The number of benzene rings is 1. The van der Waals surface area contributed by atoms with Crippen molar-refractivity contribution in [1.82, 2.24) is 9.78 Å². The van der Waals surface area contributed by atoms with E-state index in [2.05, 4.69) is 30.3 Å². The number of nitrogens with zero attached hydrogens (tertiary/aromatic N) is 2. The molecule has 0 saturated carbocycles. The van der Waals surface area contributed by atoms with Crippen LogP contribution >= 0.6 is 0 Å². The fourth-order valence-electron chi connectivity index (χ4n) is 1.81. The molecule has 0 fully saturated rings. The highest BCUT2D eigenvalue weighted by Crippen LogP contribution is 2.16. The van der Waals surface area contributed by atoms with Crippen LogP contribution in [0.5, 0.6) is 5.75 Å². The zero-order valence-electron chi connectivity index (χ0n) is 11.8. The highest BCUT2D eigenvalue weighted by molar-refractivity contribution is 5.46. The maximum absolute atomic E-state index is 5.13. The lowest BCUT2D eigenvalue weighted by Crippen LogP contribution is -2.06. The first kappa shape index (κ1) is 13.5. The van der Waals surface area contributed by atoms with Crippen molar-refractivity contribution in [3.63, 3.8) is 0 Å². The lowest BCUT2D eigenvalue weighted by Gasteiger charge is -2.08. The van der Waals surface area contributed by atoms with Crippen molar-refractivity contribution >= 4 is 5.69 Å². The molecule has 2 aromatic rings. The molecule has 0 amide bonds. The molecule has 0 saturated heterocycles. The second kappa shape index (κ2) is 6.27. The second-order valence-electron chi connectivity index (χ2n) is 4.63. The molecule has 0 spiro atoms.